The Labute approximate surface area is 221 Å². The zero-order chi connectivity index (χ0) is 25.1. The molecule has 1 aromatic heterocycles. The molecule has 2 heterocycles. The van der Waals surface area contributed by atoms with Gasteiger partial charge in [-0.1, -0.05) is 92.4 Å². The molecule has 1 saturated heterocycles. The molecule has 0 saturated carbocycles. The van der Waals surface area contributed by atoms with Gasteiger partial charge in [-0.25, -0.2) is 0 Å². The van der Waals surface area contributed by atoms with Gasteiger partial charge in [0.2, 0.25) is 0 Å². The zero-order valence-corrected chi connectivity index (χ0v) is 22.0. The molecule has 0 bridgehead atoms. The highest BCUT2D eigenvalue weighted by Gasteiger charge is 2.33. The van der Waals surface area contributed by atoms with Crippen LogP contribution in [0, 0.1) is 0 Å². The molecule has 4 nitrogen and oxygen atoms in total. The first kappa shape index (κ1) is 24.3. The highest BCUT2D eigenvalue weighted by Crippen LogP contribution is 2.37. The summed E-state index contributed by atoms with van der Waals surface area (Å²) in [4.78, 5) is 15.5. The van der Waals surface area contributed by atoms with Gasteiger partial charge in [0.15, 0.2) is 4.32 Å². The number of carbonyl (C=O) groups excluding carboxylic acids is 1. The lowest BCUT2D eigenvalue weighted by Gasteiger charge is -2.16. The third-order valence-electron chi connectivity index (χ3n) is 6.57. The highest BCUT2D eigenvalue weighted by molar-refractivity contribution is 8.27. The van der Waals surface area contributed by atoms with Gasteiger partial charge in [0, 0.05) is 22.7 Å². The van der Waals surface area contributed by atoms with E-state index in [9.17, 15) is 4.79 Å². The minimum atomic E-state index is -0.0852. The fraction of sp³-hybridized carbons (Fsp3) is 0.200. The molecule has 36 heavy (non-hydrogen) atoms. The van der Waals surface area contributed by atoms with Crippen LogP contribution in [0.5, 0.6) is 5.75 Å². The number of hydrogen-bond donors (Lipinski definition) is 0. The first-order valence-corrected chi connectivity index (χ1v) is 13.4. The minimum Gasteiger partial charge on any atom is -0.491 e. The number of fused-ring (bicyclic) bond motifs is 1. The van der Waals surface area contributed by atoms with Crippen molar-refractivity contribution in [2.24, 2.45) is 0 Å². The molecule has 6 heteroatoms. The topological polar surface area (TPSA) is 34.5 Å². The Morgan fingerprint density at radius 1 is 1.00 bits per heavy atom. The molecule has 1 aliphatic rings. The molecule has 5 rings (SSSR count). The Kier molecular flexibility index (Phi) is 7.25. The van der Waals surface area contributed by atoms with E-state index in [0.29, 0.717) is 28.3 Å². The summed E-state index contributed by atoms with van der Waals surface area (Å²) in [6, 6.07) is 26.1. The summed E-state index contributed by atoms with van der Waals surface area (Å²) >= 11 is 6.89. The van der Waals surface area contributed by atoms with Crippen LogP contribution in [0.1, 0.15) is 37.3 Å². The number of anilines is 1. The van der Waals surface area contributed by atoms with Crippen LogP contribution in [-0.4, -0.2) is 21.4 Å². The average molecular weight is 513 g/mol. The van der Waals surface area contributed by atoms with Crippen LogP contribution in [0.4, 0.5) is 5.69 Å². The molecule has 1 aliphatic heterocycles. The number of nitrogens with zero attached hydrogens (tertiary/aromatic N) is 2. The van der Waals surface area contributed by atoms with E-state index in [2.05, 4.69) is 54.9 Å². The molecule has 0 spiro atoms. The molecule has 4 aromatic rings. The normalized spacial score (nSPS) is 15.7. The molecule has 0 radical (unpaired) electrons. The van der Waals surface area contributed by atoms with Gasteiger partial charge in [0.05, 0.1) is 17.1 Å². The molecule has 182 valence electrons. The van der Waals surface area contributed by atoms with Crippen LogP contribution in [0.15, 0.2) is 90.0 Å². The highest BCUT2D eigenvalue weighted by atomic mass is 32.2. The number of amides is 1. The van der Waals surface area contributed by atoms with E-state index in [1.165, 1.54) is 17.3 Å². The molecule has 0 aliphatic carbocycles. The van der Waals surface area contributed by atoms with Gasteiger partial charge in [-0.15, -0.1) is 0 Å². The SMILES string of the molecule is CC[C@@H](C)c1ccccc1OCCn1cc(/C=C2\SC(=S)N(c3ccccc3)C2=O)c2ccccc21. The van der Waals surface area contributed by atoms with E-state index in [1.54, 1.807) is 4.90 Å². The number of hydrogen-bond acceptors (Lipinski definition) is 4. The third kappa shape index (κ3) is 4.84. The summed E-state index contributed by atoms with van der Waals surface area (Å²) in [6.07, 6.45) is 5.13. The maximum absolute atomic E-state index is 13.2. The lowest BCUT2D eigenvalue weighted by molar-refractivity contribution is -0.113. The van der Waals surface area contributed by atoms with Gasteiger partial charge < -0.3 is 9.30 Å². The van der Waals surface area contributed by atoms with E-state index >= 15 is 0 Å². The number of thiocarbonyl (C=S) groups is 1. The second-order valence-electron chi connectivity index (χ2n) is 8.84. The van der Waals surface area contributed by atoms with Crippen molar-refractivity contribution in [3.63, 3.8) is 0 Å². The van der Waals surface area contributed by atoms with Crippen molar-refractivity contribution >= 4 is 56.9 Å². The molecule has 1 fully saturated rings. The predicted molar refractivity (Wildman–Crippen MR) is 155 cm³/mol. The molecule has 3 aromatic carbocycles. The summed E-state index contributed by atoms with van der Waals surface area (Å²) in [5, 5.41) is 1.10. The summed E-state index contributed by atoms with van der Waals surface area (Å²) in [7, 11) is 0. The van der Waals surface area contributed by atoms with E-state index in [4.69, 9.17) is 17.0 Å². The summed E-state index contributed by atoms with van der Waals surface area (Å²) in [5.41, 5.74) is 4.15. The quantitative estimate of drug-likeness (QED) is 0.179. The first-order chi connectivity index (χ1) is 17.6. The number of rotatable bonds is 8. The van der Waals surface area contributed by atoms with Crippen molar-refractivity contribution in [2.45, 2.75) is 32.7 Å². The van der Waals surface area contributed by atoms with E-state index in [0.717, 1.165) is 34.3 Å². The Hall–Kier alpha value is -3.35. The Balaban J connectivity index is 1.38. The Morgan fingerprint density at radius 2 is 1.72 bits per heavy atom. The van der Waals surface area contributed by atoms with Gasteiger partial charge in [0.25, 0.3) is 5.91 Å². The van der Waals surface area contributed by atoms with Crippen molar-refractivity contribution in [1.82, 2.24) is 4.57 Å². The average Bonchev–Trinajstić information content (AvgIpc) is 3.40. The third-order valence-corrected chi connectivity index (χ3v) is 7.87. The van der Waals surface area contributed by atoms with Crippen LogP contribution in [0.3, 0.4) is 0 Å². The van der Waals surface area contributed by atoms with Crippen LogP contribution < -0.4 is 9.64 Å². The first-order valence-electron chi connectivity index (χ1n) is 12.2. The van der Waals surface area contributed by atoms with Crippen molar-refractivity contribution < 1.29 is 9.53 Å². The second-order valence-corrected chi connectivity index (χ2v) is 10.5. The number of thioether (sulfide) groups is 1. The lowest BCUT2D eigenvalue weighted by Crippen LogP contribution is -2.27. The van der Waals surface area contributed by atoms with Gasteiger partial charge in [-0.05, 0) is 48.2 Å². The predicted octanol–water partition coefficient (Wildman–Crippen LogP) is 7.64. The number of para-hydroxylation sites is 3. The monoisotopic (exact) mass is 512 g/mol. The fourth-order valence-corrected chi connectivity index (χ4v) is 5.77. The molecule has 0 unspecified atom stereocenters. The van der Waals surface area contributed by atoms with Gasteiger partial charge in [-0.2, -0.15) is 0 Å². The molecular weight excluding hydrogens is 484 g/mol. The molecule has 1 amide bonds. The minimum absolute atomic E-state index is 0.0852. The summed E-state index contributed by atoms with van der Waals surface area (Å²) in [5.74, 6) is 1.32. The fourth-order valence-electron chi connectivity index (χ4n) is 4.48. The van der Waals surface area contributed by atoms with Gasteiger partial charge in [-0.3, -0.25) is 9.69 Å². The standard InChI is InChI=1S/C30H28N2O2S2/c1-3-21(2)24-13-8-10-16-27(24)34-18-17-31-20-22(25-14-7-9-15-26(25)31)19-28-29(33)32(30(35)36-28)23-11-5-4-6-12-23/h4-16,19-21H,3,17-18H2,1-2H3/b28-19-/t21-/m1/s1. The lowest BCUT2D eigenvalue weighted by atomic mass is 9.98. The van der Waals surface area contributed by atoms with Crippen LogP contribution in [0.2, 0.25) is 0 Å². The summed E-state index contributed by atoms with van der Waals surface area (Å²) in [6.45, 7) is 5.69. The van der Waals surface area contributed by atoms with Crippen molar-refractivity contribution in [2.75, 3.05) is 11.5 Å². The van der Waals surface area contributed by atoms with Gasteiger partial charge >= 0.3 is 0 Å². The second kappa shape index (κ2) is 10.7. The maximum atomic E-state index is 13.2. The molecule has 0 N–H and O–H groups in total. The van der Waals surface area contributed by atoms with Crippen molar-refractivity contribution in [3.05, 3.63) is 101 Å². The molecular formula is C30H28N2O2S2. The Morgan fingerprint density at radius 3 is 2.53 bits per heavy atom. The van der Waals surface area contributed by atoms with Crippen molar-refractivity contribution in [1.29, 1.82) is 0 Å². The molecule has 1 atom stereocenters. The number of benzene rings is 3. The number of aromatic nitrogens is 1. The van der Waals surface area contributed by atoms with Crippen LogP contribution >= 0.6 is 24.0 Å². The zero-order valence-electron chi connectivity index (χ0n) is 20.4. The smallest absolute Gasteiger partial charge is 0.270 e. The van der Waals surface area contributed by atoms with E-state index in [-0.39, 0.29) is 5.91 Å². The van der Waals surface area contributed by atoms with E-state index in [1.807, 2.05) is 54.6 Å². The van der Waals surface area contributed by atoms with Crippen molar-refractivity contribution in [3.8, 4) is 5.75 Å². The Bertz CT molecular complexity index is 1440. The van der Waals surface area contributed by atoms with E-state index < -0.39 is 0 Å². The number of carbonyl (C=O) groups is 1. The summed E-state index contributed by atoms with van der Waals surface area (Å²) < 4.78 is 8.98. The van der Waals surface area contributed by atoms with Crippen LogP contribution in [0.25, 0.3) is 17.0 Å². The van der Waals surface area contributed by atoms with Gasteiger partial charge in [0.1, 0.15) is 12.4 Å². The maximum Gasteiger partial charge on any atom is 0.270 e. The number of ether oxygens (including phenoxy) is 1. The largest absolute Gasteiger partial charge is 0.491 e. The van der Waals surface area contributed by atoms with Crippen LogP contribution in [-0.2, 0) is 11.3 Å².